The molecule has 0 aromatic heterocycles. The summed E-state index contributed by atoms with van der Waals surface area (Å²) < 4.78 is 0. The van der Waals surface area contributed by atoms with Gasteiger partial charge < -0.3 is 4.90 Å². The molecule has 3 fully saturated rings. The van der Waals surface area contributed by atoms with Crippen molar-refractivity contribution in [2.45, 2.75) is 44.6 Å². The van der Waals surface area contributed by atoms with Gasteiger partial charge in [0, 0.05) is 24.9 Å². The van der Waals surface area contributed by atoms with Gasteiger partial charge in [-0.15, -0.1) is 0 Å². The number of ketones is 1. The van der Waals surface area contributed by atoms with Gasteiger partial charge >= 0.3 is 0 Å². The van der Waals surface area contributed by atoms with Gasteiger partial charge in [-0.3, -0.25) is 4.79 Å². The summed E-state index contributed by atoms with van der Waals surface area (Å²) in [6, 6.07) is 15.8. The maximum Gasteiger partial charge on any atom is 0.137 e. The number of carbonyl (C=O) groups is 1. The second-order valence-electron chi connectivity index (χ2n) is 7.74. The average molecular weight is 321 g/mol. The maximum atomic E-state index is 12.9. The van der Waals surface area contributed by atoms with E-state index in [1.807, 2.05) is 6.92 Å². The van der Waals surface area contributed by atoms with Crippen LogP contribution in [0.2, 0.25) is 0 Å². The first-order valence-corrected chi connectivity index (χ1v) is 9.39. The summed E-state index contributed by atoms with van der Waals surface area (Å²) in [6.45, 7) is 3.18. The van der Waals surface area contributed by atoms with Crippen molar-refractivity contribution < 1.29 is 4.79 Å². The van der Waals surface area contributed by atoms with E-state index in [2.05, 4.69) is 54.4 Å². The van der Waals surface area contributed by atoms with Crippen LogP contribution in [-0.2, 0) is 4.79 Å². The smallest absolute Gasteiger partial charge is 0.137 e. The molecule has 2 aromatic carbocycles. The number of carbonyl (C=O) groups excluding carboxylic acids is 1. The Bertz CT molecular complexity index is 752. The summed E-state index contributed by atoms with van der Waals surface area (Å²) in [5.41, 5.74) is 1.37. The van der Waals surface area contributed by atoms with Crippen LogP contribution in [0, 0.1) is 11.8 Å². The van der Waals surface area contributed by atoms with Gasteiger partial charge in [0.2, 0.25) is 0 Å². The van der Waals surface area contributed by atoms with Crippen LogP contribution in [0.25, 0.3) is 10.8 Å². The van der Waals surface area contributed by atoms with Crippen molar-refractivity contribution in [3.8, 4) is 0 Å². The fourth-order valence-corrected chi connectivity index (χ4v) is 5.14. The van der Waals surface area contributed by atoms with Crippen LogP contribution < -0.4 is 0 Å². The third-order valence-electron chi connectivity index (χ3n) is 6.34. The van der Waals surface area contributed by atoms with Crippen molar-refractivity contribution in [1.82, 2.24) is 4.90 Å². The molecule has 126 valence electrons. The molecule has 2 aliphatic heterocycles. The van der Waals surface area contributed by atoms with Crippen molar-refractivity contribution in [3.05, 3.63) is 48.0 Å². The number of piperidine rings is 1. The Morgan fingerprint density at radius 1 is 1.12 bits per heavy atom. The lowest BCUT2D eigenvalue weighted by molar-refractivity contribution is -0.125. The van der Waals surface area contributed by atoms with E-state index in [9.17, 15) is 4.79 Å². The quantitative estimate of drug-likeness (QED) is 0.821. The molecule has 4 unspecified atom stereocenters. The maximum absolute atomic E-state index is 12.9. The third-order valence-corrected chi connectivity index (χ3v) is 6.34. The topological polar surface area (TPSA) is 20.3 Å². The number of rotatable bonds is 3. The van der Waals surface area contributed by atoms with E-state index in [1.54, 1.807) is 0 Å². The van der Waals surface area contributed by atoms with Gasteiger partial charge in [-0.1, -0.05) is 49.4 Å². The number of fused-ring (bicyclic) bond motifs is 5. The van der Waals surface area contributed by atoms with Gasteiger partial charge in [0.1, 0.15) is 5.78 Å². The number of Topliss-reactive ketones (excluding diaryl/α,β-unsaturated/α-hetero) is 1. The van der Waals surface area contributed by atoms with Crippen LogP contribution in [0.1, 0.15) is 44.1 Å². The molecule has 0 amide bonds. The number of benzene rings is 2. The zero-order valence-electron chi connectivity index (χ0n) is 14.7. The molecule has 2 aromatic rings. The van der Waals surface area contributed by atoms with E-state index in [-0.39, 0.29) is 5.92 Å². The van der Waals surface area contributed by atoms with E-state index in [0.29, 0.717) is 24.2 Å². The second kappa shape index (κ2) is 6.33. The SMILES string of the molecule is CCC(=O)C1C(c2ccc3ccccc3c2)CC2CCC1N(C)C2. The van der Waals surface area contributed by atoms with Gasteiger partial charge in [-0.25, -0.2) is 0 Å². The lowest BCUT2D eigenvalue weighted by Crippen LogP contribution is -2.45. The zero-order valence-corrected chi connectivity index (χ0v) is 14.7. The predicted octanol–water partition coefficient (Wildman–Crippen LogP) is 4.63. The van der Waals surface area contributed by atoms with Crippen molar-refractivity contribution in [2.75, 3.05) is 13.6 Å². The Morgan fingerprint density at radius 3 is 2.67 bits per heavy atom. The number of hydrogen-bond acceptors (Lipinski definition) is 2. The molecule has 5 rings (SSSR count). The molecular weight excluding hydrogens is 294 g/mol. The summed E-state index contributed by atoms with van der Waals surface area (Å²) in [4.78, 5) is 15.3. The molecule has 0 radical (unpaired) electrons. The molecule has 1 aliphatic carbocycles. The largest absolute Gasteiger partial charge is 0.302 e. The Labute approximate surface area is 144 Å². The zero-order chi connectivity index (χ0) is 16.7. The minimum atomic E-state index is 0.161. The Kier molecular flexibility index (Phi) is 4.17. The predicted molar refractivity (Wildman–Crippen MR) is 99.2 cm³/mol. The lowest BCUT2D eigenvalue weighted by Gasteiger charge is -2.37. The van der Waals surface area contributed by atoms with Crippen molar-refractivity contribution in [2.24, 2.45) is 11.8 Å². The molecule has 0 spiro atoms. The molecule has 0 N–H and O–H groups in total. The van der Waals surface area contributed by atoms with E-state index in [4.69, 9.17) is 0 Å². The normalized spacial score (nSPS) is 30.4. The number of hydrogen-bond donors (Lipinski definition) is 0. The molecular formula is C22H27NO. The lowest BCUT2D eigenvalue weighted by atomic mass is 9.76. The van der Waals surface area contributed by atoms with E-state index in [1.165, 1.54) is 29.2 Å². The summed E-state index contributed by atoms with van der Waals surface area (Å²) in [7, 11) is 2.22. The standard InChI is InChI=1S/C22H27NO/c1-3-21(24)22-19(12-15-8-11-20(22)23(2)14-15)18-10-9-16-6-4-5-7-17(16)13-18/h4-7,9-10,13,15,19-20,22H,3,8,11-12,14H2,1-2H3. The Hall–Kier alpha value is -1.67. The second-order valence-corrected chi connectivity index (χ2v) is 7.74. The first kappa shape index (κ1) is 15.8. The third kappa shape index (κ3) is 2.67. The Balaban J connectivity index is 1.78. The monoisotopic (exact) mass is 321 g/mol. The highest BCUT2D eigenvalue weighted by Crippen LogP contribution is 2.45. The van der Waals surface area contributed by atoms with Gasteiger partial charge in [0.15, 0.2) is 0 Å². The van der Waals surface area contributed by atoms with Crippen molar-refractivity contribution >= 4 is 16.6 Å². The first-order valence-electron chi connectivity index (χ1n) is 9.39. The van der Waals surface area contributed by atoms with Crippen molar-refractivity contribution in [1.29, 1.82) is 0 Å². The molecule has 24 heavy (non-hydrogen) atoms. The fraction of sp³-hybridized carbons (Fsp3) is 0.500. The van der Waals surface area contributed by atoms with E-state index < -0.39 is 0 Å². The molecule has 4 atom stereocenters. The minimum Gasteiger partial charge on any atom is -0.302 e. The van der Waals surface area contributed by atoms with Gasteiger partial charge in [-0.05, 0) is 54.5 Å². The van der Waals surface area contributed by atoms with Crippen LogP contribution >= 0.6 is 0 Å². The van der Waals surface area contributed by atoms with Crippen LogP contribution in [0.15, 0.2) is 42.5 Å². The van der Waals surface area contributed by atoms with Crippen LogP contribution in [0.3, 0.4) is 0 Å². The van der Waals surface area contributed by atoms with Crippen LogP contribution in [0.4, 0.5) is 0 Å². The van der Waals surface area contributed by atoms with Gasteiger partial charge in [0.05, 0.1) is 0 Å². The summed E-state index contributed by atoms with van der Waals surface area (Å²) in [5.74, 6) is 1.73. The molecule has 2 heteroatoms. The molecule has 2 heterocycles. The molecule has 2 bridgehead atoms. The highest BCUT2D eigenvalue weighted by atomic mass is 16.1. The van der Waals surface area contributed by atoms with E-state index >= 15 is 0 Å². The van der Waals surface area contributed by atoms with Crippen LogP contribution in [0.5, 0.6) is 0 Å². The highest BCUT2D eigenvalue weighted by molar-refractivity contribution is 5.85. The number of nitrogens with zero attached hydrogens (tertiary/aromatic N) is 1. The minimum absolute atomic E-state index is 0.161. The fourth-order valence-electron chi connectivity index (χ4n) is 5.14. The molecule has 2 saturated heterocycles. The summed E-state index contributed by atoms with van der Waals surface area (Å²) in [6.07, 6.45) is 4.29. The molecule has 2 nitrogen and oxygen atoms in total. The summed E-state index contributed by atoms with van der Waals surface area (Å²) >= 11 is 0. The van der Waals surface area contributed by atoms with Gasteiger partial charge in [-0.2, -0.15) is 0 Å². The van der Waals surface area contributed by atoms with E-state index in [0.717, 1.165) is 18.9 Å². The van der Waals surface area contributed by atoms with Crippen molar-refractivity contribution in [3.63, 3.8) is 0 Å². The highest BCUT2D eigenvalue weighted by Gasteiger charge is 2.44. The van der Waals surface area contributed by atoms with Crippen LogP contribution in [-0.4, -0.2) is 30.3 Å². The average Bonchev–Trinajstić information content (AvgIpc) is 2.88. The molecule has 3 aliphatic rings. The Morgan fingerprint density at radius 2 is 1.92 bits per heavy atom. The summed E-state index contributed by atoms with van der Waals surface area (Å²) in [5, 5.41) is 2.58. The van der Waals surface area contributed by atoms with Gasteiger partial charge in [0.25, 0.3) is 0 Å². The first-order chi connectivity index (χ1) is 11.7. The molecule has 1 saturated carbocycles.